The molecule has 0 saturated heterocycles. The molecule has 2 aromatic carbocycles. The van der Waals surface area contributed by atoms with E-state index in [-0.39, 0.29) is 16.7 Å². The molecule has 5 rings (SSSR count). The molecule has 4 aromatic rings. The minimum absolute atomic E-state index is 0.0792. The Labute approximate surface area is 185 Å². The van der Waals surface area contributed by atoms with Crippen molar-refractivity contribution in [3.05, 3.63) is 71.9 Å². The van der Waals surface area contributed by atoms with Gasteiger partial charge in [-0.25, -0.2) is 9.97 Å². The van der Waals surface area contributed by atoms with Crippen LogP contribution in [0.5, 0.6) is 0 Å². The van der Waals surface area contributed by atoms with E-state index in [0.717, 1.165) is 10.6 Å². The van der Waals surface area contributed by atoms with Gasteiger partial charge in [0.25, 0.3) is 0 Å². The lowest BCUT2D eigenvalue weighted by molar-refractivity contribution is -0.0328. The van der Waals surface area contributed by atoms with E-state index in [2.05, 4.69) is 28.2 Å². The van der Waals surface area contributed by atoms with Gasteiger partial charge in [0, 0.05) is 21.7 Å². The monoisotopic (exact) mass is 458 g/mol. The van der Waals surface area contributed by atoms with Crippen LogP contribution in [0.2, 0.25) is 0 Å². The molecule has 0 bridgehead atoms. The van der Waals surface area contributed by atoms with E-state index >= 15 is 0 Å². The third-order valence-electron chi connectivity index (χ3n) is 4.95. The number of alkyl halides is 3. The third-order valence-corrected chi connectivity index (χ3v) is 6.78. The van der Waals surface area contributed by atoms with Crippen molar-refractivity contribution in [2.45, 2.75) is 39.8 Å². The molecule has 1 saturated carbocycles. The van der Waals surface area contributed by atoms with Crippen LogP contribution in [0.15, 0.2) is 75.0 Å². The topological polar surface area (TPSA) is 38.9 Å². The van der Waals surface area contributed by atoms with Crippen LogP contribution < -0.4 is 0 Å². The lowest BCUT2D eigenvalue weighted by Gasteiger charge is -2.08. The number of hydrogen-bond donors (Lipinski definition) is 0. The first kappa shape index (κ1) is 20.5. The summed E-state index contributed by atoms with van der Waals surface area (Å²) in [6, 6.07) is 16.6. The number of hydrogen-bond acceptors (Lipinski definition) is 5. The van der Waals surface area contributed by atoms with Crippen LogP contribution in [0.4, 0.5) is 13.2 Å². The fraction of sp³-hybridized carbons (Fsp3) is 0.217. The summed E-state index contributed by atoms with van der Waals surface area (Å²) in [5, 5.41) is 0. The number of halogens is 3. The minimum atomic E-state index is -4.35. The predicted octanol–water partition coefficient (Wildman–Crippen LogP) is 7.67. The Morgan fingerprint density at radius 1 is 1.03 bits per heavy atom. The Hall–Kier alpha value is -2.45. The lowest BCUT2D eigenvalue weighted by atomic mass is 10.2. The molecular weight excluding hydrogens is 441 g/mol. The van der Waals surface area contributed by atoms with Gasteiger partial charge in [0.15, 0.2) is 5.58 Å². The maximum atomic E-state index is 12.7. The summed E-state index contributed by atoms with van der Waals surface area (Å²) < 4.78 is 44.0. The van der Waals surface area contributed by atoms with Crippen molar-refractivity contribution < 1.29 is 17.6 Å². The van der Waals surface area contributed by atoms with E-state index in [0.29, 0.717) is 28.6 Å². The summed E-state index contributed by atoms with van der Waals surface area (Å²) in [5.41, 5.74) is -0.501. The normalized spacial score (nSPS) is 14.3. The van der Waals surface area contributed by atoms with Crippen molar-refractivity contribution in [1.82, 2.24) is 9.97 Å². The molecular formula is C23H17F3N2OS2. The van der Waals surface area contributed by atoms with Gasteiger partial charge in [0.2, 0.25) is 5.89 Å². The fourth-order valence-corrected chi connectivity index (χ4v) is 4.90. The lowest BCUT2D eigenvalue weighted by Crippen LogP contribution is -1.98. The molecule has 0 amide bonds. The second-order valence-corrected chi connectivity index (χ2v) is 9.52. The third kappa shape index (κ3) is 4.91. The van der Waals surface area contributed by atoms with Gasteiger partial charge < -0.3 is 4.42 Å². The molecule has 1 aliphatic carbocycles. The summed E-state index contributed by atoms with van der Waals surface area (Å²) in [5.74, 6) is 1.65. The van der Waals surface area contributed by atoms with Crippen LogP contribution in [-0.4, -0.2) is 15.5 Å². The number of rotatable bonds is 6. The SMILES string of the molecule is FC(F)(F)Sc1ccc2oc(-c3ncc(C4CC4)cc3SCc3ccccc3)nc2c1. The van der Waals surface area contributed by atoms with Crippen LogP contribution in [-0.2, 0) is 5.75 Å². The van der Waals surface area contributed by atoms with Gasteiger partial charge in [-0.3, -0.25) is 0 Å². The Morgan fingerprint density at radius 2 is 1.84 bits per heavy atom. The van der Waals surface area contributed by atoms with Gasteiger partial charge in [-0.15, -0.1) is 11.8 Å². The summed E-state index contributed by atoms with van der Waals surface area (Å²) in [7, 11) is 0. The van der Waals surface area contributed by atoms with Crippen LogP contribution in [0.1, 0.15) is 29.9 Å². The molecule has 158 valence electrons. The molecule has 8 heteroatoms. The Bertz CT molecular complexity index is 1220. The highest BCUT2D eigenvalue weighted by Crippen LogP contribution is 2.43. The van der Waals surface area contributed by atoms with Gasteiger partial charge in [-0.05, 0) is 65.9 Å². The predicted molar refractivity (Wildman–Crippen MR) is 117 cm³/mol. The summed E-state index contributed by atoms with van der Waals surface area (Å²) in [6.07, 6.45) is 4.21. The van der Waals surface area contributed by atoms with E-state index < -0.39 is 5.51 Å². The van der Waals surface area contributed by atoms with Gasteiger partial charge >= 0.3 is 5.51 Å². The summed E-state index contributed by atoms with van der Waals surface area (Å²) >= 11 is 1.50. The summed E-state index contributed by atoms with van der Waals surface area (Å²) in [4.78, 5) is 10.1. The molecule has 0 radical (unpaired) electrons. The van der Waals surface area contributed by atoms with Gasteiger partial charge in [-0.1, -0.05) is 30.3 Å². The van der Waals surface area contributed by atoms with Gasteiger partial charge in [0.1, 0.15) is 11.2 Å². The zero-order valence-corrected chi connectivity index (χ0v) is 17.9. The van der Waals surface area contributed by atoms with Crippen molar-refractivity contribution in [3.8, 4) is 11.6 Å². The van der Waals surface area contributed by atoms with Crippen LogP contribution >= 0.6 is 23.5 Å². The Morgan fingerprint density at radius 3 is 2.58 bits per heavy atom. The number of thioether (sulfide) groups is 2. The fourth-order valence-electron chi connectivity index (χ4n) is 3.31. The first-order valence-corrected chi connectivity index (χ1v) is 11.6. The molecule has 31 heavy (non-hydrogen) atoms. The molecule has 0 aliphatic heterocycles. The molecule has 3 nitrogen and oxygen atoms in total. The zero-order chi connectivity index (χ0) is 21.4. The van der Waals surface area contributed by atoms with Crippen LogP contribution in [0, 0.1) is 0 Å². The molecule has 1 fully saturated rings. The van der Waals surface area contributed by atoms with Crippen LogP contribution in [0.3, 0.4) is 0 Å². The molecule has 0 spiro atoms. The molecule has 0 atom stereocenters. The molecule has 2 heterocycles. The smallest absolute Gasteiger partial charge is 0.435 e. The standard InChI is InChI=1S/C23H17F3N2OS2/c24-23(25,26)31-17-8-9-19-18(11-17)28-22(29-19)21-20(10-16(12-27-21)15-6-7-15)30-13-14-4-2-1-3-5-14/h1-5,8-12,15H,6-7,13H2. The van der Waals surface area contributed by atoms with Crippen LogP contribution in [0.25, 0.3) is 22.7 Å². The second kappa shape index (κ2) is 8.24. The maximum absolute atomic E-state index is 12.7. The zero-order valence-electron chi connectivity index (χ0n) is 16.2. The highest BCUT2D eigenvalue weighted by molar-refractivity contribution is 8.00. The molecule has 1 aliphatic rings. The maximum Gasteiger partial charge on any atom is 0.446 e. The van der Waals surface area contributed by atoms with Crippen molar-refractivity contribution in [2.24, 2.45) is 0 Å². The van der Waals surface area contributed by atoms with Crippen molar-refractivity contribution in [2.75, 3.05) is 0 Å². The average molecular weight is 459 g/mol. The Kier molecular flexibility index (Phi) is 5.44. The molecule has 0 unspecified atom stereocenters. The van der Waals surface area contributed by atoms with Gasteiger partial charge in [0.05, 0.1) is 0 Å². The van der Waals surface area contributed by atoms with E-state index in [1.807, 2.05) is 24.4 Å². The summed E-state index contributed by atoms with van der Waals surface area (Å²) in [6.45, 7) is 0. The molecule has 2 aromatic heterocycles. The van der Waals surface area contributed by atoms with E-state index in [9.17, 15) is 13.2 Å². The van der Waals surface area contributed by atoms with Crippen molar-refractivity contribution >= 4 is 34.6 Å². The first-order valence-electron chi connectivity index (χ1n) is 9.78. The number of benzene rings is 2. The largest absolute Gasteiger partial charge is 0.446 e. The second-order valence-electron chi connectivity index (χ2n) is 7.36. The molecule has 0 N–H and O–H groups in total. The highest BCUT2D eigenvalue weighted by Gasteiger charge is 2.30. The average Bonchev–Trinajstić information content (AvgIpc) is 3.51. The minimum Gasteiger partial charge on any atom is -0.435 e. The number of oxazole rings is 1. The highest BCUT2D eigenvalue weighted by atomic mass is 32.2. The first-order chi connectivity index (χ1) is 14.9. The number of fused-ring (bicyclic) bond motifs is 1. The number of pyridine rings is 1. The van der Waals surface area contributed by atoms with E-state index in [1.54, 1.807) is 11.8 Å². The number of nitrogens with zero attached hydrogens (tertiary/aromatic N) is 2. The van der Waals surface area contributed by atoms with Gasteiger partial charge in [-0.2, -0.15) is 13.2 Å². The number of aromatic nitrogens is 2. The Balaban J connectivity index is 1.48. The quantitative estimate of drug-likeness (QED) is 0.277. The van der Waals surface area contributed by atoms with Crippen molar-refractivity contribution in [3.63, 3.8) is 0 Å². The van der Waals surface area contributed by atoms with Crippen molar-refractivity contribution in [1.29, 1.82) is 0 Å². The van der Waals surface area contributed by atoms with E-state index in [4.69, 9.17) is 4.42 Å². The van der Waals surface area contributed by atoms with E-state index in [1.165, 1.54) is 42.2 Å².